The molecule has 0 spiro atoms. The second-order valence-corrected chi connectivity index (χ2v) is 7.77. The lowest BCUT2D eigenvalue weighted by atomic mass is 10.00. The molecule has 0 aliphatic carbocycles. The Balaban J connectivity index is 1.61. The molecular weight excluding hydrogens is 499 g/mol. The fourth-order valence-corrected chi connectivity index (χ4v) is 3.57. The normalized spacial score (nSPS) is 16.7. The Morgan fingerprint density at radius 1 is 1.14 bits per heavy atom. The molecule has 2 atom stereocenters. The molecule has 0 radical (unpaired) electrons. The van der Waals surface area contributed by atoms with Crippen LogP contribution in [0.5, 0.6) is 0 Å². The van der Waals surface area contributed by atoms with E-state index in [-0.39, 0.29) is 23.7 Å². The van der Waals surface area contributed by atoms with Crippen molar-refractivity contribution < 1.29 is 40.3 Å². The second kappa shape index (κ2) is 9.59. The van der Waals surface area contributed by atoms with E-state index in [1.807, 2.05) is 0 Å². The van der Waals surface area contributed by atoms with Crippen LogP contribution in [-0.4, -0.2) is 40.4 Å². The van der Waals surface area contributed by atoms with Crippen molar-refractivity contribution in [3.05, 3.63) is 65.4 Å². The van der Waals surface area contributed by atoms with Gasteiger partial charge in [0.25, 0.3) is 0 Å². The number of alkyl halides is 4. The van der Waals surface area contributed by atoms with Crippen molar-refractivity contribution in [2.45, 2.75) is 25.2 Å². The topological polar surface area (TPSA) is 80.2 Å². The van der Waals surface area contributed by atoms with Gasteiger partial charge in [-0.25, -0.2) is 32.2 Å². The van der Waals surface area contributed by atoms with E-state index in [1.54, 1.807) is 0 Å². The first-order valence-electron chi connectivity index (χ1n) is 10.3. The van der Waals surface area contributed by atoms with E-state index in [0.29, 0.717) is 17.2 Å². The Morgan fingerprint density at radius 3 is 2.58 bits per heavy atom. The van der Waals surface area contributed by atoms with Gasteiger partial charge in [0.1, 0.15) is 36.7 Å². The lowest BCUT2D eigenvalue weighted by Crippen LogP contribution is -2.36. The fourth-order valence-electron chi connectivity index (χ4n) is 3.57. The number of halogens is 7. The molecule has 1 N–H and O–H groups in total. The maximum atomic E-state index is 14.9. The number of ether oxygens (including phenoxy) is 1. The van der Waals surface area contributed by atoms with Gasteiger partial charge < -0.3 is 10.1 Å². The Morgan fingerprint density at radius 2 is 1.89 bits per heavy atom. The van der Waals surface area contributed by atoms with Crippen molar-refractivity contribution in [1.29, 1.82) is 0 Å². The predicted molar refractivity (Wildman–Crippen MR) is 112 cm³/mol. The quantitative estimate of drug-likeness (QED) is 0.441. The molecular formula is C22H16F7N5O2. The van der Waals surface area contributed by atoms with E-state index < -0.39 is 65.6 Å². The van der Waals surface area contributed by atoms with Crippen molar-refractivity contribution in [2.24, 2.45) is 0 Å². The monoisotopic (exact) mass is 515 g/mol. The number of hydrogen-bond acceptors (Lipinski definition) is 6. The zero-order valence-electron chi connectivity index (χ0n) is 18.3. The highest BCUT2D eigenvalue weighted by Crippen LogP contribution is 2.33. The molecule has 1 saturated heterocycles. The van der Waals surface area contributed by atoms with Gasteiger partial charge in [0.15, 0.2) is 11.6 Å². The van der Waals surface area contributed by atoms with Crippen LogP contribution >= 0.6 is 0 Å². The third-order valence-corrected chi connectivity index (χ3v) is 5.35. The fraction of sp³-hybridized carbons (Fsp3) is 0.273. The van der Waals surface area contributed by atoms with E-state index in [0.717, 1.165) is 24.4 Å². The van der Waals surface area contributed by atoms with Gasteiger partial charge in [-0.15, -0.1) is 0 Å². The summed E-state index contributed by atoms with van der Waals surface area (Å²) in [6.07, 6.45) is -4.24. The van der Waals surface area contributed by atoms with Crippen LogP contribution < -0.4 is 10.2 Å². The van der Waals surface area contributed by atoms with E-state index in [2.05, 4.69) is 20.3 Å². The summed E-state index contributed by atoms with van der Waals surface area (Å²) >= 11 is 0. The maximum Gasteiger partial charge on any atom is 0.433 e. The molecule has 4 rings (SSSR count). The van der Waals surface area contributed by atoms with E-state index in [9.17, 15) is 35.5 Å². The molecule has 0 unspecified atom stereocenters. The van der Waals surface area contributed by atoms with Crippen molar-refractivity contribution in [1.82, 2.24) is 15.0 Å². The minimum absolute atomic E-state index is 0.229. The summed E-state index contributed by atoms with van der Waals surface area (Å²) in [5, 5.41) is 2.63. The van der Waals surface area contributed by atoms with Crippen molar-refractivity contribution in [3.63, 3.8) is 0 Å². The van der Waals surface area contributed by atoms with Crippen molar-refractivity contribution >= 4 is 17.9 Å². The molecule has 2 aromatic heterocycles. The zero-order chi connectivity index (χ0) is 26.2. The number of amides is 1. The van der Waals surface area contributed by atoms with Crippen LogP contribution in [0.1, 0.15) is 24.2 Å². The summed E-state index contributed by atoms with van der Waals surface area (Å²) in [7, 11) is 0. The largest absolute Gasteiger partial charge is 0.447 e. The summed E-state index contributed by atoms with van der Waals surface area (Å²) in [6.45, 7) is 0.0659. The highest BCUT2D eigenvalue weighted by atomic mass is 19.4. The van der Waals surface area contributed by atoms with Crippen LogP contribution in [0.2, 0.25) is 0 Å². The van der Waals surface area contributed by atoms with Gasteiger partial charge in [-0.3, -0.25) is 4.98 Å². The number of pyridine rings is 1. The third-order valence-electron chi connectivity index (χ3n) is 5.35. The number of nitrogens with one attached hydrogen (secondary N) is 1. The molecule has 1 aliphatic rings. The van der Waals surface area contributed by atoms with Gasteiger partial charge in [-0.2, -0.15) is 18.2 Å². The minimum atomic E-state index is -4.77. The number of hydrogen-bond donors (Lipinski definition) is 1. The number of rotatable bonds is 6. The lowest BCUT2D eigenvalue weighted by molar-refractivity contribution is -0.141. The highest BCUT2D eigenvalue weighted by molar-refractivity contribution is 5.89. The van der Waals surface area contributed by atoms with Crippen LogP contribution in [0.3, 0.4) is 0 Å². The molecule has 1 amide bonds. The van der Waals surface area contributed by atoms with Gasteiger partial charge in [0, 0.05) is 17.3 Å². The standard InChI is InChI=1S/C22H16F7N5O2/c1-10(32-20-31-8-17(26)19(33-20)34-12(7-23)9-36-21(34)35)13-5-16(25)14(6-15(13)24)11-2-3-30-18(4-11)22(27,28)29/h2-6,8,10,12H,7,9H2,1H3,(H,31,32,33)/t10-,12-/m0/s1. The number of anilines is 2. The number of carbonyl (C=O) groups excluding carboxylic acids is 1. The molecule has 3 heterocycles. The summed E-state index contributed by atoms with van der Waals surface area (Å²) in [5.41, 5.74) is -2.15. The first kappa shape index (κ1) is 25.1. The smallest absolute Gasteiger partial charge is 0.433 e. The van der Waals surface area contributed by atoms with Gasteiger partial charge in [-0.05, 0) is 36.8 Å². The van der Waals surface area contributed by atoms with Crippen LogP contribution in [0, 0.1) is 17.5 Å². The molecule has 1 aliphatic heterocycles. The van der Waals surface area contributed by atoms with Gasteiger partial charge in [0.2, 0.25) is 5.95 Å². The SMILES string of the molecule is C[C@H](Nc1ncc(F)c(N2C(=O)OC[C@@H]2CF)n1)c1cc(F)c(-c2ccnc(C(F)(F)F)c2)cc1F. The average molecular weight is 515 g/mol. The average Bonchev–Trinajstić information content (AvgIpc) is 3.21. The minimum Gasteiger partial charge on any atom is -0.447 e. The molecule has 1 fully saturated rings. The van der Waals surface area contributed by atoms with E-state index in [4.69, 9.17) is 4.74 Å². The molecule has 0 bridgehead atoms. The summed E-state index contributed by atoms with van der Waals surface area (Å²) in [6, 6.07) is 1.12. The number of benzene rings is 1. The molecule has 7 nitrogen and oxygen atoms in total. The molecule has 1 aromatic carbocycles. The Hall–Kier alpha value is -3.97. The Kier molecular flexibility index (Phi) is 6.69. The van der Waals surface area contributed by atoms with Crippen LogP contribution in [-0.2, 0) is 10.9 Å². The highest BCUT2D eigenvalue weighted by Gasteiger charge is 2.37. The van der Waals surface area contributed by atoms with Crippen molar-refractivity contribution in [2.75, 3.05) is 23.5 Å². The molecule has 190 valence electrons. The molecule has 14 heteroatoms. The Bertz CT molecular complexity index is 1300. The first-order chi connectivity index (χ1) is 17.0. The van der Waals surface area contributed by atoms with Gasteiger partial charge >= 0.3 is 12.3 Å². The predicted octanol–water partition coefficient (Wildman–Crippen LogP) is 5.44. The van der Waals surface area contributed by atoms with Crippen molar-refractivity contribution in [3.8, 4) is 11.1 Å². The number of nitrogens with zero attached hydrogens (tertiary/aromatic N) is 4. The summed E-state index contributed by atoms with van der Waals surface area (Å²) in [5.74, 6) is -3.86. The molecule has 0 saturated carbocycles. The third kappa shape index (κ3) is 4.88. The molecule has 36 heavy (non-hydrogen) atoms. The number of aromatic nitrogens is 3. The lowest BCUT2D eigenvalue weighted by Gasteiger charge is -2.20. The van der Waals surface area contributed by atoms with Gasteiger partial charge in [0.05, 0.1) is 12.2 Å². The number of carbonyl (C=O) groups is 1. The molecule has 3 aromatic rings. The maximum absolute atomic E-state index is 14.9. The number of cyclic esters (lactones) is 1. The Labute approximate surface area is 198 Å². The van der Waals surface area contributed by atoms with E-state index >= 15 is 0 Å². The van der Waals surface area contributed by atoms with Gasteiger partial charge in [-0.1, -0.05) is 0 Å². The first-order valence-corrected chi connectivity index (χ1v) is 10.3. The second-order valence-electron chi connectivity index (χ2n) is 7.77. The van der Waals surface area contributed by atoms with Crippen LogP contribution in [0.4, 0.5) is 47.3 Å². The van der Waals surface area contributed by atoms with E-state index in [1.165, 1.54) is 6.92 Å². The zero-order valence-corrected chi connectivity index (χ0v) is 18.3. The van der Waals surface area contributed by atoms with Crippen LogP contribution in [0.15, 0.2) is 36.7 Å². The summed E-state index contributed by atoms with van der Waals surface area (Å²) in [4.78, 5) is 23.3. The summed E-state index contributed by atoms with van der Waals surface area (Å²) < 4.78 is 101. The van der Waals surface area contributed by atoms with Crippen LogP contribution in [0.25, 0.3) is 11.1 Å².